The summed E-state index contributed by atoms with van der Waals surface area (Å²) in [4.78, 5) is 18.2. The van der Waals surface area contributed by atoms with E-state index >= 15 is 0 Å². The Kier molecular flexibility index (Phi) is 3.79. The van der Waals surface area contributed by atoms with Gasteiger partial charge in [-0.1, -0.05) is 6.92 Å². The minimum atomic E-state index is -0.0174. The predicted octanol–water partition coefficient (Wildman–Crippen LogP) is 1.65. The summed E-state index contributed by atoms with van der Waals surface area (Å²) in [7, 11) is 0. The Labute approximate surface area is 109 Å². The fourth-order valence-electron chi connectivity index (χ4n) is 2.04. The molecule has 0 aromatic carbocycles. The topological polar surface area (TPSA) is 59.2 Å². The molecule has 1 aliphatic rings. The summed E-state index contributed by atoms with van der Waals surface area (Å²) in [5, 5.41) is 0. The standard InChI is InChI=1S/C12H16BrN3O/c1-8-7-16(6-4-10(8)14)12(17)11-9(13)3-2-5-15-11/h2-3,5,8,10H,4,6-7,14H2,1H3. The highest BCUT2D eigenvalue weighted by Crippen LogP contribution is 2.20. The van der Waals surface area contributed by atoms with Crippen molar-refractivity contribution in [2.45, 2.75) is 19.4 Å². The molecule has 5 heteroatoms. The Hall–Kier alpha value is -0.940. The average Bonchev–Trinajstić information content (AvgIpc) is 2.32. The maximum Gasteiger partial charge on any atom is 0.273 e. The molecule has 2 atom stereocenters. The van der Waals surface area contributed by atoms with Crippen molar-refractivity contribution in [3.8, 4) is 0 Å². The predicted molar refractivity (Wildman–Crippen MR) is 69.6 cm³/mol. The van der Waals surface area contributed by atoms with Gasteiger partial charge >= 0.3 is 0 Å². The van der Waals surface area contributed by atoms with E-state index in [1.54, 1.807) is 12.3 Å². The van der Waals surface area contributed by atoms with Gasteiger partial charge in [-0.2, -0.15) is 0 Å². The third-order valence-electron chi connectivity index (χ3n) is 3.22. The Balaban J connectivity index is 2.14. The summed E-state index contributed by atoms with van der Waals surface area (Å²) in [6.45, 7) is 3.51. The van der Waals surface area contributed by atoms with Crippen LogP contribution in [0.2, 0.25) is 0 Å². The molecule has 2 rings (SSSR count). The number of amides is 1. The van der Waals surface area contributed by atoms with E-state index in [2.05, 4.69) is 27.8 Å². The van der Waals surface area contributed by atoms with Crippen LogP contribution in [0.3, 0.4) is 0 Å². The van der Waals surface area contributed by atoms with Crippen molar-refractivity contribution in [3.05, 3.63) is 28.5 Å². The van der Waals surface area contributed by atoms with Gasteiger partial charge in [0.2, 0.25) is 0 Å². The first-order valence-electron chi connectivity index (χ1n) is 5.75. The molecular weight excluding hydrogens is 282 g/mol. The molecule has 1 fully saturated rings. The van der Waals surface area contributed by atoms with Crippen LogP contribution in [0.5, 0.6) is 0 Å². The van der Waals surface area contributed by atoms with Gasteiger partial charge in [-0.15, -0.1) is 0 Å². The Bertz CT molecular complexity index is 424. The van der Waals surface area contributed by atoms with Gasteiger partial charge < -0.3 is 10.6 Å². The first-order chi connectivity index (χ1) is 8.09. The van der Waals surface area contributed by atoms with E-state index in [4.69, 9.17) is 5.73 Å². The van der Waals surface area contributed by atoms with Crippen molar-refractivity contribution in [1.29, 1.82) is 0 Å². The van der Waals surface area contributed by atoms with Crippen molar-refractivity contribution in [2.24, 2.45) is 11.7 Å². The number of piperidine rings is 1. The van der Waals surface area contributed by atoms with Gasteiger partial charge in [0.1, 0.15) is 5.69 Å². The van der Waals surface area contributed by atoms with Crippen LogP contribution in [0.1, 0.15) is 23.8 Å². The molecular formula is C12H16BrN3O. The van der Waals surface area contributed by atoms with Crippen LogP contribution in [0.25, 0.3) is 0 Å². The van der Waals surface area contributed by atoms with Crippen LogP contribution in [0.4, 0.5) is 0 Å². The minimum absolute atomic E-state index is 0.0174. The number of rotatable bonds is 1. The molecule has 1 aliphatic heterocycles. The van der Waals surface area contributed by atoms with Crippen molar-refractivity contribution in [2.75, 3.05) is 13.1 Å². The Morgan fingerprint density at radius 3 is 3.06 bits per heavy atom. The summed E-state index contributed by atoms with van der Waals surface area (Å²) in [5.41, 5.74) is 6.43. The van der Waals surface area contributed by atoms with Crippen molar-refractivity contribution < 1.29 is 4.79 Å². The number of hydrogen-bond donors (Lipinski definition) is 1. The highest BCUT2D eigenvalue weighted by molar-refractivity contribution is 9.10. The molecule has 0 saturated carbocycles. The normalized spacial score (nSPS) is 24.8. The summed E-state index contributed by atoms with van der Waals surface area (Å²) < 4.78 is 0.743. The fraction of sp³-hybridized carbons (Fsp3) is 0.500. The summed E-state index contributed by atoms with van der Waals surface area (Å²) in [6, 6.07) is 3.83. The van der Waals surface area contributed by atoms with E-state index < -0.39 is 0 Å². The molecule has 1 aromatic heterocycles. The fourth-order valence-corrected chi connectivity index (χ4v) is 2.47. The second-order valence-corrected chi connectivity index (χ2v) is 5.37. The number of nitrogens with zero attached hydrogens (tertiary/aromatic N) is 2. The van der Waals surface area contributed by atoms with E-state index in [-0.39, 0.29) is 11.9 Å². The lowest BCUT2D eigenvalue weighted by Gasteiger charge is -2.35. The minimum Gasteiger partial charge on any atom is -0.337 e. The zero-order valence-corrected chi connectivity index (χ0v) is 11.4. The van der Waals surface area contributed by atoms with Crippen LogP contribution in [0, 0.1) is 5.92 Å². The van der Waals surface area contributed by atoms with E-state index in [1.165, 1.54) is 0 Å². The number of likely N-dealkylation sites (tertiary alicyclic amines) is 1. The van der Waals surface area contributed by atoms with Crippen LogP contribution in [-0.2, 0) is 0 Å². The number of carbonyl (C=O) groups excluding carboxylic acids is 1. The third-order valence-corrected chi connectivity index (χ3v) is 3.86. The molecule has 0 aliphatic carbocycles. The van der Waals surface area contributed by atoms with Gasteiger partial charge in [0.15, 0.2) is 0 Å². The molecule has 17 heavy (non-hydrogen) atoms. The van der Waals surface area contributed by atoms with Gasteiger partial charge in [0, 0.05) is 29.8 Å². The maximum absolute atomic E-state index is 12.3. The number of carbonyl (C=O) groups is 1. The molecule has 0 spiro atoms. The highest BCUT2D eigenvalue weighted by atomic mass is 79.9. The molecule has 2 unspecified atom stereocenters. The quantitative estimate of drug-likeness (QED) is 0.857. The molecule has 1 saturated heterocycles. The lowest BCUT2D eigenvalue weighted by molar-refractivity contribution is 0.0657. The van der Waals surface area contributed by atoms with Crippen molar-refractivity contribution in [1.82, 2.24) is 9.88 Å². The van der Waals surface area contributed by atoms with Crippen LogP contribution < -0.4 is 5.73 Å². The van der Waals surface area contributed by atoms with Gasteiger partial charge in [0.25, 0.3) is 5.91 Å². The smallest absolute Gasteiger partial charge is 0.273 e. The molecule has 1 amide bonds. The molecule has 1 aromatic rings. The molecule has 0 radical (unpaired) electrons. The summed E-state index contributed by atoms with van der Waals surface area (Å²) in [6.07, 6.45) is 2.49. The SMILES string of the molecule is CC1CN(C(=O)c2ncccc2Br)CCC1N. The maximum atomic E-state index is 12.3. The zero-order chi connectivity index (χ0) is 12.4. The highest BCUT2D eigenvalue weighted by Gasteiger charge is 2.28. The number of halogens is 1. The van der Waals surface area contributed by atoms with Crippen LogP contribution >= 0.6 is 15.9 Å². The molecule has 4 nitrogen and oxygen atoms in total. The van der Waals surface area contributed by atoms with Crippen molar-refractivity contribution >= 4 is 21.8 Å². The summed E-state index contributed by atoms with van der Waals surface area (Å²) in [5.74, 6) is 0.325. The van der Waals surface area contributed by atoms with Crippen molar-refractivity contribution in [3.63, 3.8) is 0 Å². The van der Waals surface area contributed by atoms with E-state index in [0.717, 1.165) is 10.9 Å². The van der Waals surface area contributed by atoms with Crippen LogP contribution in [-0.4, -0.2) is 34.9 Å². The van der Waals surface area contributed by atoms with Gasteiger partial charge in [-0.25, -0.2) is 4.98 Å². The number of aromatic nitrogens is 1. The monoisotopic (exact) mass is 297 g/mol. The molecule has 2 heterocycles. The molecule has 2 N–H and O–H groups in total. The lowest BCUT2D eigenvalue weighted by Crippen LogP contribution is -2.48. The molecule has 92 valence electrons. The lowest BCUT2D eigenvalue weighted by atomic mass is 9.94. The Morgan fingerprint density at radius 2 is 2.41 bits per heavy atom. The largest absolute Gasteiger partial charge is 0.337 e. The first-order valence-corrected chi connectivity index (χ1v) is 6.54. The van der Waals surface area contributed by atoms with E-state index in [0.29, 0.717) is 24.7 Å². The van der Waals surface area contributed by atoms with Gasteiger partial charge in [0.05, 0.1) is 0 Å². The van der Waals surface area contributed by atoms with Crippen LogP contribution in [0.15, 0.2) is 22.8 Å². The van der Waals surface area contributed by atoms with Gasteiger partial charge in [-0.05, 0) is 40.4 Å². The number of pyridine rings is 1. The first kappa shape index (κ1) is 12.5. The van der Waals surface area contributed by atoms with E-state index in [9.17, 15) is 4.79 Å². The second-order valence-electron chi connectivity index (χ2n) is 4.51. The second kappa shape index (κ2) is 5.14. The number of hydrogen-bond acceptors (Lipinski definition) is 3. The summed E-state index contributed by atoms with van der Waals surface area (Å²) >= 11 is 3.36. The van der Waals surface area contributed by atoms with Gasteiger partial charge in [-0.3, -0.25) is 4.79 Å². The molecule has 0 bridgehead atoms. The third kappa shape index (κ3) is 2.66. The average molecular weight is 298 g/mol. The Morgan fingerprint density at radius 1 is 1.65 bits per heavy atom. The zero-order valence-electron chi connectivity index (χ0n) is 9.77. The number of nitrogens with two attached hydrogens (primary N) is 1. The van der Waals surface area contributed by atoms with E-state index in [1.807, 2.05) is 11.0 Å².